The van der Waals surface area contributed by atoms with E-state index in [9.17, 15) is 24.0 Å². The van der Waals surface area contributed by atoms with Crippen LogP contribution in [-0.2, 0) is 42.9 Å². The van der Waals surface area contributed by atoms with Gasteiger partial charge in [0.2, 0.25) is 11.8 Å². The molecule has 1 rings (SSSR count). The third-order valence-corrected chi connectivity index (χ3v) is 5.71. The van der Waals surface area contributed by atoms with Crippen molar-refractivity contribution in [2.75, 3.05) is 12.4 Å². The highest BCUT2D eigenvalue weighted by molar-refractivity contribution is 7.99. The van der Waals surface area contributed by atoms with Crippen molar-refractivity contribution in [2.45, 2.75) is 74.6 Å². The molecule has 1 aliphatic heterocycles. The Morgan fingerprint density at radius 1 is 0.939 bits per heavy atom. The summed E-state index contributed by atoms with van der Waals surface area (Å²) in [7, 11) is 0. The van der Waals surface area contributed by atoms with Crippen LogP contribution in [0.5, 0.6) is 0 Å². The van der Waals surface area contributed by atoms with E-state index in [1.54, 1.807) is 6.92 Å². The second kappa shape index (κ2) is 13.0. The molecular weight excluding hydrogens is 525 g/mol. The zero-order chi connectivity index (χ0) is 25.5. The van der Waals surface area contributed by atoms with E-state index in [0.717, 1.165) is 25.7 Å². The number of carbonyl (C=O) groups excluding carboxylic acids is 5. The molecule has 0 aliphatic carbocycles. The predicted molar refractivity (Wildman–Crippen MR) is 121 cm³/mol. The normalized spacial score (nSPS) is 25.0. The molecule has 0 saturated carbocycles. The number of esters is 3. The molecule has 1 saturated heterocycles. The van der Waals surface area contributed by atoms with Gasteiger partial charge in [-0.3, -0.25) is 28.9 Å². The van der Waals surface area contributed by atoms with Crippen LogP contribution >= 0.6 is 46.6 Å². The first-order chi connectivity index (χ1) is 15.2. The molecule has 5 atom stereocenters. The molecule has 0 spiro atoms. The predicted octanol–water partition coefficient (Wildman–Crippen LogP) is 2.39. The van der Waals surface area contributed by atoms with Gasteiger partial charge in [0.05, 0.1) is 6.42 Å². The van der Waals surface area contributed by atoms with Gasteiger partial charge in [0.15, 0.2) is 16.0 Å². The lowest BCUT2D eigenvalue weighted by Crippen LogP contribution is -2.67. The molecule has 0 aromatic carbocycles. The average molecular weight is 551 g/mol. The van der Waals surface area contributed by atoms with Crippen LogP contribution in [0.4, 0.5) is 0 Å². The van der Waals surface area contributed by atoms with Crippen molar-refractivity contribution in [1.82, 2.24) is 4.90 Å². The molecule has 2 amide bonds. The summed E-state index contributed by atoms with van der Waals surface area (Å²) in [5.41, 5.74) is -0.949. The highest BCUT2D eigenvalue weighted by atomic mass is 35.6. The van der Waals surface area contributed by atoms with Crippen LogP contribution in [-0.4, -0.2) is 80.6 Å². The van der Waals surface area contributed by atoms with Crippen LogP contribution in [0.25, 0.3) is 0 Å². The van der Waals surface area contributed by atoms with E-state index in [2.05, 4.69) is 0 Å². The Morgan fingerprint density at radius 2 is 1.48 bits per heavy atom. The average Bonchev–Trinajstić information content (AvgIpc) is 2.62. The number of thioether (sulfide) groups is 1. The van der Waals surface area contributed by atoms with Crippen LogP contribution in [0, 0.1) is 0 Å². The molecule has 0 aromatic rings. The number of ether oxygens (including phenoxy) is 4. The molecule has 0 bridgehead atoms. The van der Waals surface area contributed by atoms with Crippen molar-refractivity contribution in [1.29, 1.82) is 0 Å². The quantitative estimate of drug-likeness (QED) is 0.253. The number of alkyl halides is 3. The fourth-order valence-electron chi connectivity index (χ4n) is 3.27. The summed E-state index contributed by atoms with van der Waals surface area (Å²) in [6, 6.07) is -1.24. The molecule has 33 heavy (non-hydrogen) atoms. The van der Waals surface area contributed by atoms with Gasteiger partial charge in [-0.25, -0.2) is 0 Å². The van der Waals surface area contributed by atoms with Gasteiger partial charge >= 0.3 is 17.9 Å². The van der Waals surface area contributed by atoms with Crippen LogP contribution < -0.4 is 0 Å². The van der Waals surface area contributed by atoms with Crippen molar-refractivity contribution in [3.05, 3.63) is 0 Å². The van der Waals surface area contributed by atoms with E-state index in [0.29, 0.717) is 5.75 Å². The largest absolute Gasteiger partial charge is 0.463 e. The Hall–Kier alpha value is -1.27. The summed E-state index contributed by atoms with van der Waals surface area (Å²) in [4.78, 5) is 61.5. The first-order valence-corrected chi connectivity index (χ1v) is 12.0. The Kier molecular flexibility index (Phi) is 11.7. The van der Waals surface area contributed by atoms with E-state index in [4.69, 9.17) is 53.8 Å². The number of hydrogen-bond donors (Lipinski definition) is 0. The maximum absolute atomic E-state index is 13.0. The molecule has 1 heterocycles. The standard InChI is InChI=1S/C19H26Cl3NO9S/c1-6-33-18-15(23(9(2)24)14(28)7-19(20,21)22)17(31-12(5)27)16(30-11(4)26)13(32-18)8-29-10(3)25/h13,15-18H,6-8H2,1-5H3/t13-,15-,16+,17-,18+/m1/s1. The molecule has 0 N–H and O–H groups in total. The summed E-state index contributed by atoms with van der Waals surface area (Å²) in [5.74, 6) is -3.27. The van der Waals surface area contributed by atoms with Crippen molar-refractivity contribution < 1.29 is 42.9 Å². The minimum atomic E-state index is -2.00. The van der Waals surface area contributed by atoms with Crippen molar-refractivity contribution >= 4 is 76.3 Å². The van der Waals surface area contributed by atoms with E-state index in [1.165, 1.54) is 18.7 Å². The van der Waals surface area contributed by atoms with Gasteiger partial charge in [-0.05, 0) is 5.75 Å². The lowest BCUT2D eigenvalue weighted by atomic mass is 9.95. The van der Waals surface area contributed by atoms with Gasteiger partial charge in [0, 0.05) is 27.7 Å². The molecule has 0 aromatic heterocycles. The van der Waals surface area contributed by atoms with Gasteiger partial charge in [-0.2, -0.15) is 0 Å². The SMILES string of the molecule is CCS[C@@H]1O[C@H](COC(C)=O)[C@H](OC(C)=O)[C@H](OC(C)=O)[C@H]1N(C(C)=O)C(=O)CC(Cl)(Cl)Cl. The Morgan fingerprint density at radius 3 is 1.91 bits per heavy atom. The van der Waals surface area contributed by atoms with E-state index in [1.807, 2.05) is 0 Å². The molecule has 188 valence electrons. The monoisotopic (exact) mass is 549 g/mol. The Balaban J connectivity index is 3.58. The van der Waals surface area contributed by atoms with Crippen molar-refractivity contribution in [3.8, 4) is 0 Å². The summed E-state index contributed by atoms with van der Waals surface area (Å²) in [5, 5.41) is 0. The highest BCUT2D eigenvalue weighted by Crippen LogP contribution is 2.37. The zero-order valence-electron chi connectivity index (χ0n) is 18.7. The lowest BCUT2D eigenvalue weighted by molar-refractivity contribution is -0.222. The number of hydrogen-bond acceptors (Lipinski definition) is 10. The van der Waals surface area contributed by atoms with Gasteiger partial charge < -0.3 is 18.9 Å². The molecular formula is C19H26Cl3NO9S. The maximum atomic E-state index is 13.0. The fraction of sp³-hybridized carbons (Fsp3) is 0.737. The third kappa shape index (κ3) is 9.48. The first-order valence-electron chi connectivity index (χ1n) is 9.82. The second-order valence-electron chi connectivity index (χ2n) is 7.01. The van der Waals surface area contributed by atoms with E-state index >= 15 is 0 Å². The summed E-state index contributed by atoms with van der Waals surface area (Å²) < 4.78 is 19.8. The highest BCUT2D eigenvalue weighted by Gasteiger charge is 2.54. The molecule has 14 heteroatoms. The first kappa shape index (κ1) is 29.8. The minimum absolute atomic E-state index is 0.333. The zero-order valence-corrected chi connectivity index (χ0v) is 21.8. The fourth-order valence-corrected chi connectivity index (χ4v) is 4.63. The minimum Gasteiger partial charge on any atom is -0.463 e. The molecule has 1 aliphatic rings. The number of imide groups is 1. The Bertz CT molecular complexity index is 761. The summed E-state index contributed by atoms with van der Waals surface area (Å²) in [6.07, 6.45) is -4.38. The topological polar surface area (TPSA) is 126 Å². The van der Waals surface area contributed by atoms with Gasteiger partial charge in [-0.15, -0.1) is 11.8 Å². The van der Waals surface area contributed by atoms with Crippen LogP contribution in [0.15, 0.2) is 0 Å². The van der Waals surface area contributed by atoms with Crippen LogP contribution in [0.2, 0.25) is 0 Å². The molecule has 1 fully saturated rings. The number of halogens is 3. The summed E-state index contributed by atoms with van der Waals surface area (Å²) >= 11 is 18.5. The number of nitrogens with zero attached hydrogens (tertiary/aromatic N) is 1. The number of rotatable bonds is 8. The smallest absolute Gasteiger partial charge is 0.303 e. The number of amides is 2. The van der Waals surface area contributed by atoms with Crippen molar-refractivity contribution in [2.24, 2.45) is 0 Å². The maximum Gasteiger partial charge on any atom is 0.303 e. The van der Waals surface area contributed by atoms with Gasteiger partial charge in [0.25, 0.3) is 0 Å². The van der Waals surface area contributed by atoms with Gasteiger partial charge in [0.1, 0.15) is 24.2 Å². The van der Waals surface area contributed by atoms with Crippen LogP contribution in [0.3, 0.4) is 0 Å². The van der Waals surface area contributed by atoms with E-state index in [-0.39, 0.29) is 6.61 Å². The summed E-state index contributed by atoms with van der Waals surface area (Å²) in [6.45, 7) is 5.99. The molecule has 0 unspecified atom stereocenters. The van der Waals surface area contributed by atoms with Crippen LogP contribution in [0.1, 0.15) is 41.0 Å². The lowest BCUT2D eigenvalue weighted by Gasteiger charge is -2.48. The van der Waals surface area contributed by atoms with Gasteiger partial charge in [-0.1, -0.05) is 41.7 Å². The molecule has 0 radical (unpaired) electrons. The molecule has 10 nitrogen and oxygen atoms in total. The van der Waals surface area contributed by atoms with E-state index < -0.39 is 69.7 Å². The second-order valence-corrected chi connectivity index (χ2v) is 10.9. The third-order valence-electron chi connectivity index (χ3n) is 4.26. The number of carbonyl (C=O) groups is 5. The van der Waals surface area contributed by atoms with Crippen molar-refractivity contribution in [3.63, 3.8) is 0 Å². The Labute approximate surface area is 210 Å².